The molecule has 0 aromatic heterocycles. The van der Waals surface area contributed by atoms with Gasteiger partial charge in [-0.1, -0.05) is 47.5 Å². The van der Waals surface area contributed by atoms with E-state index in [0.29, 0.717) is 28.4 Å². The van der Waals surface area contributed by atoms with Crippen molar-refractivity contribution in [1.82, 2.24) is 10.6 Å². The maximum atomic E-state index is 6.18. The Bertz CT molecular complexity index is 939. The van der Waals surface area contributed by atoms with E-state index in [-0.39, 0.29) is 6.04 Å². The molecule has 1 unspecified atom stereocenters. The summed E-state index contributed by atoms with van der Waals surface area (Å²) in [5.74, 6) is 0. The Morgan fingerprint density at radius 1 is 1.04 bits per heavy atom. The predicted octanol–water partition coefficient (Wildman–Crippen LogP) is 4.88. The molecule has 2 heterocycles. The zero-order valence-corrected chi connectivity index (χ0v) is 16.1. The number of hydrogen-bond acceptors (Lipinski definition) is 2. The zero-order chi connectivity index (χ0) is 18.1. The molecule has 2 aliphatic rings. The fraction of sp³-hybridized carbons (Fsp3) is 0.150. The average Bonchev–Trinajstić information content (AvgIpc) is 2.62. The lowest BCUT2D eigenvalue weighted by Gasteiger charge is -2.36. The molecule has 1 atom stereocenters. The molecular weight excluding hydrogens is 387 g/mol. The van der Waals surface area contributed by atoms with Crippen LogP contribution < -0.4 is 10.6 Å². The van der Waals surface area contributed by atoms with Gasteiger partial charge in [0.05, 0.1) is 19.3 Å². The minimum atomic E-state index is -0.0690. The van der Waals surface area contributed by atoms with Crippen LogP contribution in [-0.4, -0.2) is 18.3 Å². The van der Waals surface area contributed by atoms with Gasteiger partial charge in [0.15, 0.2) is 5.11 Å². The second-order valence-corrected chi connectivity index (χ2v) is 7.49. The molecule has 0 aliphatic carbocycles. The molecule has 2 aromatic rings. The topological polar surface area (TPSA) is 33.3 Å². The molecule has 0 spiro atoms. The van der Waals surface area contributed by atoms with Crippen LogP contribution in [0.4, 0.5) is 0 Å². The standard InChI is InChI=1S/C20H16Cl2N2OS/c21-15-5-1-3-12(8-15)7-14-10-25-11-17-18(23-20(26)24-19(14)17)13-4-2-6-16(22)9-13/h1-9,18H,10-11H2,(H2,23,24,26)/b14-7-. The van der Waals surface area contributed by atoms with Crippen molar-refractivity contribution in [3.8, 4) is 0 Å². The normalized spacial score (nSPS) is 21.2. The zero-order valence-electron chi connectivity index (χ0n) is 13.8. The number of ether oxygens (including phenoxy) is 1. The number of rotatable bonds is 2. The van der Waals surface area contributed by atoms with Gasteiger partial charge in [-0.25, -0.2) is 0 Å². The van der Waals surface area contributed by atoms with Crippen molar-refractivity contribution >= 4 is 46.6 Å². The van der Waals surface area contributed by atoms with Gasteiger partial charge in [-0.2, -0.15) is 0 Å². The highest BCUT2D eigenvalue weighted by molar-refractivity contribution is 7.80. The van der Waals surface area contributed by atoms with Crippen LogP contribution in [0.15, 0.2) is 65.4 Å². The van der Waals surface area contributed by atoms with Crippen molar-refractivity contribution in [2.45, 2.75) is 6.04 Å². The fourth-order valence-electron chi connectivity index (χ4n) is 3.26. The molecule has 0 amide bonds. The summed E-state index contributed by atoms with van der Waals surface area (Å²) in [5, 5.41) is 8.62. The van der Waals surface area contributed by atoms with Gasteiger partial charge in [-0.15, -0.1) is 0 Å². The van der Waals surface area contributed by atoms with Gasteiger partial charge in [0.25, 0.3) is 0 Å². The molecule has 3 nitrogen and oxygen atoms in total. The minimum Gasteiger partial charge on any atom is -0.372 e. The molecule has 2 aromatic carbocycles. The molecule has 0 radical (unpaired) electrons. The Hall–Kier alpha value is -1.85. The van der Waals surface area contributed by atoms with Crippen LogP contribution in [0.25, 0.3) is 6.08 Å². The minimum absolute atomic E-state index is 0.0690. The molecule has 0 bridgehead atoms. The number of hydrogen-bond donors (Lipinski definition) is 2. The first-order valence-electron chi connectivity index (χ1n) is 8.20. The number of thiocarbonyl (C=S) groups is 1. The molecule has 0 fully saturated rings. The lowest BCUT2D eigenvalue weighted by atomic mass is 9.91. The van der Waals surface area contributed by atoms with Crippen molar-refractivity contribution in [2.75, 3.05) is 13.2 Å². The number of benzene rings is 2. The maximum Gasteiger partial charge on any atom is 0.171 e. The summed E-state index contributed by atoms with van der Waals surface area (Å²) in [7, 11) is 0. The summed E-state index contributed by atoms with van der Waals surface area (Å²) in [5.41, 5.74) is 5.26. The SMILES string of the molecule is S=C1NC2=C(COC/C2=C/c2cccc(Cl)c2)C(c2cccc(Cl)c2)N1. The van der Waals surface area contributed by atoms with Crippen LogP contribution in [0.3, 0.4) is 0 Å². The first-order valence-corrected chi connectivity index (χ1v) is 9.37. The molecule has 4 rings (SSSR count). The van der Waals surface area contributed by atoms with Crippen LogP contribution in [-0.2, 0) is 4.74 Å². The third-order valence-corrected chi connectivity index (χ3v) is 5.08. The lowest BCUT2D eigenvalue weighted by Crippen LogP contribution is -2.46. The Labute approximate surface area is 167 Å². The lowest BCUT2D eigenvalue weighted by molar-refractivity contribution is 0.164. The van der Waals surface area contributed by atoms with E-state index in [1.165, 1.54) is 0 Å². The van der Waals surface area contributed by atoms with Gasteiger partial charge < -0.3 is 15.4 Å². The Morgan fingerprint density at radius 2 is 1.81 bits per heavy atom. The van der Waals surface area contributed by atoms with E-state index >= 15 is 0 Å². The van der Waals surface area contributed by atoms with E-state index < -0.39 is 0 Å². The van der Waals surface area contributed by atoms with E-state index in [0.717, 1.165) is 28.0 Å². The second-order valence-electron chi connectivity index (χ2n) is 6.20. The molecule has 2 N–H and O–H groups in total. The van der Waals surface area contributed by atoms with Gasteiger partial charge >= 0.3 is 0 Å². The predicted molar refractivity (Wildman–Crippen MR) is 110 cm³/mol. The summed E-state index contributed by atoms with van der Waals surface area (Å²) >= 11 is 17.7. The van der Waals surface area contributed by atoms with E-state index in [2.05, 4.69) is 16.7 Å². The van der Waals surface area contributed by atoms with E-state index in [9.17, 15) is 0 Å². The van der Waals surface area contributed by atoms with Crippen LogP contribution in [0.2, 0.25) is 10.0 Å². The fourth-order valence-corrected chi connectivity index (χ4v) is 3.88. The summed E-state index contributed by atoms with van der Waals surface area (Å²) in [6, 6.07) is 15.5. The Morgan fingerprint density at radius 3 is 2.58 bits per heavy atom. The van der Waals surface area contributed by atoms with Crippen molar-refractivity contribution in [1.29, 1.82) is 0 Å². The molecule has 132 valence electrons. The van der Waals surface area contributed by atoms with Crippen molar-refractivity contribution in [3.63, 3.8) is 0 Å². The first kappa shape index (κ1) is 17.6. The Kier molecular flexibility index (Phi) is 5.00. The maximum absolute atomic E-state index is 6.18. The quantitative estimate of drug-likeness (QED) is 0.701. The number of halogens is 2. The van der Waals surface area contributed by atoms with Gasteiger partial charge in [-0.05, 0) is 53.7 Å². The summed E-state index contributed by atoms with van der Waals surface area (Å²) in [4.78, 5) is 0. The molecule has 2 aliphatic heterocycles. The van der Waals surface area contributed by atoms with Crippen molar-refractivity contribution in [2.24, 2.45) is 0 Å². The smallest absolute Gasteiger partial charge is 0.171 e. The van der Waals surface area contributed by atoms with Crippen LogP contribution in [0.5, 0.6) is 0 Å². The summed E-state index contributed by atoms with van der Waals surface area (Å²) in [6.07, 6.45) is 2.08. The molecule has 26 heavy (non-hydrogen) atoms. The van der Waals surface area contributed by atoms with Crippen molar-refractivity contribution in [3.05, 3.63) is 86.5 Å². The molecule has 0 saturated carbocycles. The van der Waals surface area contributed by atoms with Crippen molar-refractivity contribution < 1.29 is 4.74 Å². The van der Waals surface area contributed by atoms with Crippen LogP contribution >= 0.6 is 35.4 Å². The van der Waals surface area contributed by atoms with Crippen LogP contribution in [0.1, 0.15) is 17.2 Å². The first-order chi connectivity index (χ1) is 12.6. The molecule has 0 saturated heterocycles. The third-order valence-electron chi connectivity index (χ3n) is 4.39. The molecular formula is C20H16Cl2N2OS. The Balaban J connectivity index is 1.78. The van der Waals surface area contributed by atoms with Gasteiger partial charge in [-0.3, -0.25) is 0 Å². The summed E-state index contributed by atoms with van der Waals surface area (Å²) in [6.45, 7) is 1.05. The van der Waals surface area contributed by atoms with Crippen LogP contribution in [0, 0.1) is 0 Å². The highest BCUT2D eigenvalue weighted by atomic mass is 35.5. The third kappa shape index (κ3) is 3.64. The van der Waals surface area contributed by atoms with E-state index in [4.69, 9.17) is 40.2 Å². The van der Waals surface area contributed by atoms with Gasteiger partial charge in [0.2, 0.25) is 0 Å². The molecule has 6 heteroatoms. The monoisotopic (exact) mass is 402 g/mol. The van der Waals surface area contributed by atoms with E-state index in [1.807, 2.05) is 48.5 Å². The van der Waals surface area contributed by atoms with E-state index in [1.54, 1.807) is 0 Å². The highest BCUT2D eigenvalue weighted by Crippen LogP contribution is 2.34. The number of nitrogens with one attached hydrogen (secondary N) is 2. The van der Waals surface area contributed by atoms with Gasteiger partial charge in [0.1, 0.15) is 0 Å². The average molecular weight is 403 g/mol. The highest BCUT2D eigenvalue weighted by Gasteiger charge is 2.31. The van der Waals surface area contributed by atoms with Gasteiger partial charge in [0, 0.05) is 26.9 Å². The largest absolute Gasteiger partial charge is 0.372 e. The summed E-state index contributed by atoms with van der Waals surface area (Å²) < 4.78 is 5.86. The second kappa shape index (κ2) is 7.41.